The first-order chi connectivity index (χ1) is 12.2. The van der Waals surface area contributed by atoms with Crippen molar-refractivity contribution in [2.75, 3.05) is 0 Å². The zero-order valence-electron chi connectivity index (χ0n) is 16.3. The smallest absolute Gasteiger partial charge is 0.0809 e. The van der Waals surface area contributed by atoms with E-state index < -0.39 is 0 Å². The van der Waals surface area contributed by atoms with Crippen molar-refractivity contribution in [1.82, 2.24) is 0 Å². The normalized spacial score (nSPS) is 8.59. The molecule has 0 aliphatic rings. The number of fused-ring (bicyclic) bond motifs is 2. The van der Waals surface area contributed by atoms with Gasteiger partial charge in [0, 0.05) is 0 Å². The van der Waals surface area contributed by atoms with E-state index >= 15 is 0 Å². The van der Waals surface area contributed by atoms with Gasteiger partial charge in [-0.15, -0.1) is 84.1 Å². The van der Waals surface area contributed by atoms with Crippen molar-refractivity contribution < 1.29 is 24.2 Å². The van der Waals surface area contributed by atoms with E-state index in [1.165, 1.54) is 45.8 Å². The first kappa shape index (κ1) is 28.2. The van der Waals surface area contributed by atoms with Crippen molar-refractivity contribution in [3.8, 4) is 0 Å². The van der Waals surface area contributed by atoms with E-state index in [-0.39, 0.29) is 24.8 Å². The molecule has 0 saturated heterocycles. The molecule has 0 amide bonds. The summed E-state index contributed by atoms with van der Waals surface area (Å²) < 4.78 is 2.26. The van der Waals surface area contributed by atoms with Crippen molar-refractivity contribution in [2.24, 2.45) is 5.92 Å². The molecular formula is C24H29Cl2Zr-3. The molecule has 0 fully saturated rings. The topological polar surface area (TPSA) is 0 Å². The minimum Gasteiger partial charge on any atom is -0.346 e. The second-order valence-electron chi connectivity index (χ2n) is 5.72. The minimum atomic E-state index is 0. The van der Waals surface area contributed by atoms with Crippen molar-refractivity contribution in [3.63, 3.8) is 0 Å². The van der Waals surface area contributed by atoms with E-state index in [9.17, 15) is 0 Å². The van der Waals surface area contributed by atoms with Crippen molar-refractivity contribution in [2.45, 2.75) is 20.8 Å². The molecule has 0 saturated carbocycles. The average Bonchev–Trinajstić information content (AvgIpc) is 3.33. The second-order valence-corrected chi connectivity index (χ2v) is 6.54. The first-order valence-electron chi connectivity index (χ1n) is 8.63. The minimum absolute atomic E-state index is 0. The maximum absolute atomic E-state index is 3.25. The molecule has 0 heterocycles. The van der Waals surface area contributed by atoms with Gasteiger partial charge >= 0.3 is 47.7 Å². The fourth-order valence-corrected chi connectivity index (χ4v) is 2.14. The molecule has 0 aliphatic carbocycles. The van der Waals surface area contributed by atoms with Gasteiger partial charge in [0.1, 0.15) is 0 Å². The van der Waals surface area contributed by atoms with Gasteiger partial charge in [-0.1, -0.05) is 12.1 Å². The van der Waals surface area contributed by atoms with Gasteiger partial charge in [-0.25, -0.2) is 0 Å². The predicted molar refractivity (Wildman–Crippen MR) is 126 cm³/mol. The molecule has 0 aromatic heterocycles. The van der Waals surface area contributed by atoms with Gasteiger partial charge in [-0.2, -0.15) is 42.0 Å². The maximum atomic E-state index is 3.25. The Morgan fingerprint density at radius 1 is 0.741 bits per heavy atom. The summed E-state index contributed by atoms with van der Waals surface area (Å²) in [5.74, 6) is 0.799. The van der Waals surface area contributed by atoms with E-state index in [0.717, 1.165) is 5.92 Å². The van der Waals surface area contributed by atoms with Crippen molar-refractivity contribution >= 4 is 50.1 Å². The molecule has 0 spiro atoms. The van der Waals surface area contributed by atoms with E-state index in [1.807, 2.05) is 0 Å². The Morgan fingerprint density at radius 3 is 1.37 bits per heavy atom. The fourth-order valence-electron chi connectivity index (χ4n) is 2.14. The largest absolute Gasteiger partial charge is 0.346 e. The van der Waals surface area contributed by atoms with Crippen LogP contribution in [0.1, 0.15) is 20.8 Å². The Balaban J connectivity index is 0. The van der Waals surface area contributed by atoms with Gasteiger partial charge in [0.15, 0.2) is 0 Å². The molecular weight excluding hydrogens is 450 g/mol. The summed E-state index contributed by atoms with van der Waals surface area (Å²) in [5.41, 5.74) is 0. The van der Waals surface area contributed by atoms with Gasteiger partial charge in [-0.3, -0.25) is 0 Å². The molecule has 0 N–H and O–H groups in total. The molecule has 0 radical (unpaired) electrons. The van der Waals surface area contributed by atoms with Crippen LogP contribution in [0.5, 0.6) is 0 Å². The standard InChI is InChI=1S/2C9H7.C4H8.C2H5.2ClH.Zr/c2*1-2-5-9-7-3-6-8(9)4-1;1-4(2)3;1-2;;;/h2*1-7H;1,4H,2-3H3;1H2,2H3;2*1H;/q2*-1;;-1;;;. The second kappa shape index (κ2) is 17.1. The Labute approximate surface area is 191 Å². The van der Waals surface area contributed by atoms with Gasteiger partial charge < -0.3 is 6.92 Å². The Kier molecular flexibility index (Phi) is 17.9. The summed E-state index contributed by atoms with van der Waals surface area (Å²) >= 11 is 1.54. The predicted octanol–water partition coefficient (Wildman–Crippen LogP) is 7.79. The van der Waals surface area contributed by atoms with Crippen LogP contribution < -0.4 is 0 Å². The summed E-state index contributed by atoms with van der Waals surface area (Å²) in [5, 5.41) is 5.32. The molecule has 4 rings (SSSR count). The zero-order chi connectivity index (χ0) is 18.5. The molecule has 0 atom stereocenters. The summed E-state index contributed by atoms with van der Waals surface area (Å²) in [6.45, 7) is 9.38. The van der Waals surface area contributed by atoms with Crippen LogP contribution in [0.3, 0.4) is 0 Å². The van der Waals surface area contributed by atoms with Crippen LogP contribution >= 0.6 is 24.8 Å². The monoisotopic (exact) mass is 477 g/mol. The molecule has 146 valence electrons. The van der Waals surface area contributed by atoms with Crippen LogP contribution in [-0.2, 0) is 24.2 Å². The maximum Gasteiger partial charge on any atom is -0.0809 e. The number of hydrogen-bond donors (Lipinski definition) is 0. The van der Waals surface area contributed by atoms with Crippen molar-refractivity contribution in [3.05, 3.63) is 91.9 Å². The van der Waals surface area contributed by atoms with Crippen LogP contribution in [0.15, 0.2) is 84.9 Å². The van der Waals surface area contributed by atoms with Crippen LogP contribution in [0.25, 0.3) is 21.5 Å². The third kappa shape index (κ3) is 10.8. The molecule has 3 heteroatoms. The molecule has 0 aliphatic heterocycles. The molecule has 0 bridgehead atoms. The molecule has 4 aromatic carbocycles. The summed E-state index contributed by atoms with van der Waals surface area (Å²) in [6.07, 6.45) is 0. The van der Waals surface area contributed by atoms with E-state index in [0.29, 0.717) is 0 Å². The van der Waals surface area contributed by atoms with Gasteiger partial charge in [-0.05, 0) is 0 Å². The summed E-state index contributed by atoms with van der Waals surface area (Å²) in [6, 6.07) is 29.3. The van der Waals surface area contributed by atoms with Crippen LogP contribution in [0, 0.1) is 12.8 Å². The molecule has 27 heavy (non-hydrogen) atoms. The van der Waals surface area contributed by atoms with Crippen LogP contribution in [0.2, 0.25) is 0 Å². The molecule has 0 unspecified atom stereocenters. The quantitative estimate of drug-likeness (QED) is 0.244. The van der Waals surface area contributed by atoms with Crippen LogP contribution in [0.4, 0.5) is 0 Å². The fraction of sp³-hybridized carbons (Fsp3) is 0.167. The molecule has 4 aromatic rings. The number of halogens is 2. The Morgan fingerprint density at radius 2 is 1.07 bits per heavy atom. The third-order valence-corrected chi connectivity index (χ3v) is 5.07. The van der Waals surface area contributed by atoms with E-state index in [1.54, 1.807) is 6.92 Å². The van der Waals surface area contributed by atoms with Crippen LogP contribution in [-0.4, -0.2) is 3.71 Å². The third-order valence-electron chi connectivity index (χ3n) is 3.43. The number of rotatable bonds is 1. The first-order valence-corrected chi connectivity index (χ1v) is 10.0. The van der Waals surface area contributed by atoms with E-state index in [4.69, 9.17) is 0 Å². The molecule has 0 nitrogen and oxygen atoms in total. The van der Waals surface area contributed by atoms with Gasteiger partial charge in [0.05, 0.1) is 0 Å². The average molecular weight is 480 g/mol. The van der Waals surface area contributed by atoms with Gasteiger partial charge in [0.2, 0.25) is 0 Å². The van der Waals surface area contributed by atoms with E-state index in [2.05, 4.69) is 109 Å². The Hall–Kier alpha value is -1.01. The Bertz CT molecular complexity index is 717. The SMILES string of the molecule is CC(C)[CH]=[Zr].Cl.Cl.[CH2-]C.c1ccc2[cH-]ccc2c1.c1ccc2[cH-]ccc2c1. The zero-order valence-corrected chi connectivity index (χ0v) is 20.4. The summed E-state index contributed by atoms with van der Waals surface area (Å²) in [4.78, 5) is 0. The number of benzene rings is 2. The van der Waals surface area contributed by atoms with Gasteiger partial charge in [0.25, 0.3) is 0 Å². The number of hydrogen-bond acceptors (Lipinski definition) is 0. The summed E-state index contributed by atoms with van der Waals surface area (Å²) in [7, 11) is 0. The van der Waals surface area contributed by atoms with Crippen molar-refractivity contribution in [1.29, 1.82) is 0 Å².